The van der Waals surface area contributed by atoms with Crippen LogP contribution in [0.3, 0.4) is 0 Å². The molecule has 2 aromatic carbocycles. The SMILES string of the molecule is Cc1cc(C(=O)CCc2ccc(F)cc2)ccc1Cl. The smallest absolute Gasteiger partial charge is 0.163 e. The van der Waals surface area contributed by atoms with Gasteiger partial charge in [-0.25, -0.2) is 4.39 Å². The molecule has 98 valence electrons. The molecule has 2 aromatic rings. The van der Waals surface area contributed by atoms with Gasteiger partial charge in [0.1, 0.15) is 5.82 Å². The number of hydrogen-bond donors (Lipinski definition) is 0. The minimum Gasteiger partial charge on any atom is -0.294 e. The lowest BCUT2D eigenvalue weighted by Gasteiger charge is -2.04. The third kappa shape index (κ3) is 3.65. The largest absolute Gasteiger partial charge is 0.294 e. The summed E-state index contributed by atoms with van der Waals surface area (Å²) in [5.74, 6) is -0.188. The molecule has 3 heteroatoms. The Morgan fingerprint density at radius 2 is 1.84 bits per heavy atom. The summed E-state index contributed by atoms with van der Waals surface area (Å²) in [6.45, 7) is 1.87. The second-order valence-electron chi connectivity index (χ2n) is 4.51. The number of rotatable bonds is 4. The van der Waals surface area contributed by atoms with Crippen molar-refractivity contribution >= 4 is 17.4 Å². The minimum absolute atomic E-state index is 0.0732. The summed E-state index contributed by atoms with van der Waals surface area (Å²) < 4.78 is 12.8. The summed E-state index contributed by atoms with van der Waals surface area (Å²) in [5.41, 5.74) is 2.53. The molecule has 0 amide bonds. The molecule has 0 spiro atoms. The molecule has 0 aliphatic rings. The first-order chi connectivity index (χ1) is 9.06. The number of Topliss-reactive ketones (excluding diaryl/α,β-unsaturated/α-hetero) is 1. The molecule has 0 unspecified atom stereocenters. The van der Waals surface area contributed by atoms with E-state index in [9.17, 15) is 9.18 Å². The highest BCUT2D eigenvalue weighted by Gasteiger charge is 2.07. The summed E-state index contributed by atoms with van der Waals surface area (Å²) in [6, 6.07) is 11.5. The Labute approximate surface area is 117 Å². The Bertz CT molecular complexity index is 590. The van der Waals surface area contributed by atoms with Crippen molar-refractivity contribution in [1.29, 1.82) is 0 Å². The van der Waals surface area contributed by atoms with Crippen molar-refractivity contribution in [2.24, 2.45) is 0 Å². The molecular formula is C16H14ClFO. The zero-order chi connectivity index (χ0) is 13.8. The van der Waals surface area contributed by atoms with Crippen molar-refractivity contribution in [2.75, 3.05) is 0 Å². The van der Waals surface area contributed by atoms with Crippen LogP contribution in [0.5, 0.6) is 0 Å². The van der Waals surface area contributed by atoms with Gasteiger partial charge in [-0.15, -0.1) is 0 Å². The zero-order valence-corrected chi connectivity index (χ0v) is 11.4. The molecule has 0 saturated carbocycles. The summed E-state index contributed by atoms with van der Waals surface area (Å²) in [6.07, 6.45) is 1.02. The topological polar surface area (TPSA) is 17.1 Å². The van der Waals surface area contributed by atoms with Gasteiger partial charge in [0.25, 0.3) is 0 Å². The van der Waals surface area contributed by atoms with E-state index >= 15 is 0 Å². The average Bonchev–Trinajstić information content (AvgIpc) is 2.41. The summed E-state index contributed by atoms with van der Waals surface area (Å²) in [5, 5.41) is 0.662. The van der Waals surface area contributed by atoms with Crippen molar-refractivity contribution < 1.29 is 9.18 Å². The predicted molar refractivity (Wildman–Crippen MR) is 75.2 cm³/mol. The van der Waals surface area contributed by atoms with E-state index < -0.39 is 0 Å². The Morgan fingerprint density at radius 1 is 1.16 bits per heavy atom. The van der Waals surface area contributed by atoms with E-state index in [2.05, 4.69) is 0 Å². The highest BCUT2D eigenvalue weighted by atomic mass is 35.5. The molecule has 0 N–H and O–H groups in total. The quantitative estimate of drug-likeness (QED) is 0.746. The van der Waals surface area contributed by atoms with Crippen molar-refractivity contribution in [2.45, 2.75) is 19.8 Å². The monoisotopic (exact) mass is 276 g/mol. The van der Waals surface area contributed by atoms with Crippen molar-refractivity contribution in [3.63, 3.8) is 0 Å². The molecule has 0 fully saturated rings. The maximum absolute atomic E-state index is 12.8. The van der Waals surface area contributed by atoms with Crippen LogP contribution in [-0.4, -0.2) is 5.78 Å². The molecule has 0 aliphatic heterocycles. The van der Waals surface area contributed by atoms with E-state index in [4.69, 9.17) is 11.6 Å². The zero-order valence-electron chi connectivity index (χ0n) is 10.6. The van der Waals surface area contributed by atoms with Crippen LogP contribution in [0.1, 0.15) is 27.9 Å². The lowest BCUT2D eigenvalue weighted by Crippen LogP contribution is -2.01. The molecule has 2 rings (SSSR count). The number of carbonyl (C=O) groups excluding carboxylic acids is 1. The molecular weight excluding hydrogens is 263 g/mol. The van der Waals surface area contributed by atoms with Gasteiger partial charge in [-0.2, -0.15) is 0 Å². The predicted octanol–water partition coefficient (Wildman–Crippen LogP) is 4.60. The fourth-order valence-corrected chi connectivity index (χ4v) is 1.99. The van der Waals surface area contributed by atoms with Gasteiger partial charge in [0.15, 0.2) is 5.78 Å². The van der Waals surface area contributed by atoms with Crippen LogP contribution in [0.4, 0.5) is 4.39 Å². The number of benzene rings is 2. The highest BCUT2D eigenvalue weighted by Crippen LogP contribution is 2.18. The average molecular weight is 277 g/mol. The van der Waals surface area contributed by atoms with Crippen molar-refractivity contribution in [3.8, 4) is 0 Å². The Balaban J connectivity index is 2.01. The van der Waals surface area contributed by atoms with Crippen LogP contribution in [0.25, 0.3) is 0 Å². The minimum atomic E-state index is -0.261. The molecule has 1 nitrogen and oxygen atoms in total. The van der Waals surface area contributed by atoms with Crippen LogP contribution < -0.4 is 0 Å². The summed E-state index contributed by atoms with van der Waals surface area (Å²) in [7, 11) is 0. The lowest BCUT2D eigenvalue weighted by molar-refractivity contribution is 0.0983. The molecule has 0 aliphatic carbocycles. The van der Waals surface area contributed by atoms with E-state index in [0.29, 0.717) is 23.4 Å². The van der Waals surface area contributed by atoms with Crippen molar-refractivity contribution in [3.05, 3.63) is 70.0 Å². The van der Waals surface area contributed by atoms with Gasteiger partial charge >= 0.3 is 0 Å². The van der Waals surface area contributed by atoms with E-state index in [1.54, 1.807) is 30.3 Å². The van der Waals surface area contributed by atoms with Gasteiger partial charge in [0.2, 0.25) is 0 Å². The second-order valence-corrected chi connectivity index (χ2v) is 4.92. The molecule has 19 heavy (non-hydrogen) atoms. The van der Waals surface area contributed by atoms with E-state index in [1.807, 2.05) is 6.92 Å². The fraction of sp³-hybridized carbons (Fsp3) is 0.188. The Hall–Kier alpha value is -1.67. The van der Waals surface area contributed by atoms with Crippen LogP contribution in [0.15, 0.2) is 42.5 Å². The van der Waals surface area contributed by atoms with Crippen LogP contribution in [0, 0.1) is 12.7 Å². The van der Waals surface area contributed by atoms with Gasteiger partial charge in [-0.05, 0) is 54.8 Å². The van der Waals surface area contributed by atoms with E-state index in [0.717, 1.165) is 11.1 Å². The third-order valence-electron chi connectivity index (χ3n) is 3.03. The Morgan fingerprint density at radius 3 is 2.47 bits per heavy atom. The van der Waals surface area contributed by atoms with Gasteiger partial charge in [0.05, 0.1) is 0 Å². The number of ketones is 1. The number of aryl methyl sites for hydroxylation is 2. The van der Waals surface area contributed by atoms with Gasteiger partial charge < -0.3 is 0 Å². The molecule has 0 atom stereocenters. The van der Waals surface area contributed by atoms with E-state index in [1.165, 1.54) is 12.1 Å². The number of hydrogen-bond acceptors (Lipinski definition) is 1. The lowest BCUT2D eigenvalue weighted by atomic mass is 10.0. The molecule has 0 heterocycles. The third-order valence-corrected chi connectivity index (χ3v) is 3.46. The Kier molecular flexibility index (Phi) is 4.33. The maximum atomic E-state index is 12.8. The first kappa shape index (κ1) is 13.8. The first-order valence-electron chi connectivity index (χ1n) is 6.10. The van der Waals surface area contributed by atoms with Gasteiger partial charge in [-0.3, -0.25) is 4.79 Å². The summed E-state index contributed by atoms with van der Waals surface area (Å²) in [4.78, 5) is 12.0. The normalized spacial score (nSPS) is 10.5. The summed E-state index contributed by atoms with van der Waals surface area (Å²) >= 11 is 5.93. The standard InChI is InChI=1S/C16H14ClFO/c1-11-10-13(5-8-15(11)17)16(19)9-4-12-2-6-14(18)7-3-12/h2-3,5-8,10H,4,9H2,1H3. The van der Waals surface area contributed by atoms with Crippen LogP contribution in [0.2, 0.25) is 5.02 Å². The van der Waals surface area contributed by atoms with Gasteiger partial charge in [-0.1, -0.05) is 23.7 Å². The molecule has 0 saturated heterocycles. The molecule has 0 aromatic heterocycles. The second kappa shape index (κ2) is 5.98. The first-order valence-corrected chi connectivity index (χ1v) is 6.48. The van der Waals surface area contributed by atoms with Gasteiger partial charge in [0, 0.05) is 17.0 Å². The highest BCUT2D eigenvalue weighted by molar-refractivity contribution is 6.31. The molecule has 0 bridgehead atoms. The van der Waals surface area contributed by atoms with Crippen molar-refractivity contribution in [1.82, 2.24) is 0 Å². The van der Waals surface area contributed by atoms with Crippen LogP contribution in [-0.2, 0) is 6.42 Å². The number of carbonyl (C=O) groups is 1. The molecule has 0 radical (unpaired) electrons. The van der Waals surface area contributed by atoms with Crippen LogP contribution >= 0.6 is 11.6 Å². The van der Waals surface area contributed by atoms with E-state index in [-0.39, 0.29) is 11.6 Å². The number of halogens is 2. The fourth-order valence-electron chi connectivity index (χ4n) is 1.87. The maximum Gasteiger partial charge on any atom is 0.163 e.